The number of nitrogens with two attached hydrogens (primary N) is 1. The molecule has 21 heavy (non-hydrogen) atoms. The lowest BCUT2D eigenvalue weighted by atomic mass is 10.0. The van der Waals surface area contributed by atoms with Gasteiger partial charge in [-0.3, -0.25) is 4.79 Å². The smallest absolute Gasteiger partial charge is 0.225 e. The Labute approximate surface area is 130 Å². The van der Waals surface area contributed by atoms with Gasteiger partial charge in [-0.15, -0.1) is 0 Å². The van der Waals surface area contributed by atoms with Gasteiger partial charge in [0.05, 0.1) is 0 Å². The summed E-state index contributed by atoms with van der Waals surface area (Å²) in [5, 5.41) is 0. The average molecular weight is 298 g/mol. The Morgan fingerprint density at radius 2 is 1.90 bits per heavy atom. The molecule has 1 aliphatic rings. The lowest BCUT2D eigenvalue weighted by Crippen LogP contribution is -2.45. The van der Waals surface area contributed by atoms with Crippen LogP contribution in [0.1, 0.15) is 32.6 Å². The van der Waals surface area contributed by atoms with Gasteiger partial charge in [0.25, 0.3) is 0 Å². The lowest BCUT2D eigenvalue weighted by molar-refractivity contribution is -0.134. The first-order valence-corrected chi connectivity index (χ1v) is 8.29. The molecule has 124 valence electrons. The highest BCUT2D eigenvalue weighted by molar-refractivity contribution is 5.78. The van der Waals surface area contributed by atoms with Crippen molar-refractivity contribution in [3.05, 3.63) is 0 Å². The van der Waals surface area contributed by atoms with E-state index >= 15 is 0 Å². The van der Waals surface area contributed by atoms with Gasteiger partial charge in [-0.25, -0.2) is 0 Å². The van der Waals surface area contributed by atoms with Crippen LogP contribution in [0.2, 0.25) is 0 Å². The minimum absolute atomic E-state index is 0.0900. The van der Waals surface area contributed by atoms with Crippen molar-refractivity contribution < 1.29 is 4.79 Å². The van der Waals surface area contributed by atoms with E-state index < -0.39 is 0 Å². The molecule has 1 aliphatic heterocycles. The fourth-order valence-corrected chi connectivity index (χ4v) is 2.96. The monoisotopic (exact) mass is 298 g/mol. The first-order chi connectivity index (χ1) is 9.95. The van der Waals surface area contributed by atoms with Crippen molar-refractivity contribution in [2.24, 2.45) is 11.7 Å². The van der Waals surface area contributed by atoms with Crippen LogP contribution in [0.3, 0.4) is 0 Å². The van der Waals surface area contributed by atoms with Crippen molar-refractivity contribution >= 4 is 5.91 Å². The Morgan fingerprint density at radius 3 is 2.48 bits per heavy atom. The van der Waals surface area contributed by atoms with Gasteiger partial charge in [-0.1, -0.05) is 6.92 Å². The molecule has 0 aromatic heterocycles. The first-order valence-electron chi connectivity index (χ1n) is 8.29. The summed E-state index contributed by atoms with van der Waals surface area (Å²) in [4.78, 5) is 18.9. The topological polar surface area (TPSA) is 52.8 Å². The molecule has 0 aromatic carbocycles. The number of hydrogen-bond donors (Lipinski definition) is 1. The van der Waals surface area contributed by atoms with Gasteiger partial charge in [0, 0.05) is 32.1 Å². The maximum Gasteiger partial charge on any atom is 0.225 e. The third-order valence-corrected chi connectivity index (χ3v) is 4.74. The zero-order valence-corrected chi connectivity index (χ0v) is 14.3. The van der Waals surface area contributed by atoms with E-state index in [1.165, 1.54) is 25.9 Å². The highest BCUT2D eigenvalue weighted by atomic mass is 16.2. The molecule has 5 nitrogen and oxygen atoms in total. The zero-order chi connectivity index (χ0) is 15.8. The molecular formula is C16H34N4O. The summed E-state index contributed by atoms with van der Waals surface area (Å²) in [5.41, 5.74) is 5.51. The van der Waals surface area contributed by atoms with Crippen LogP contribution in [0, 0.1) is 5.92 Å². The number of rotatable bonds is 8. The molecule has 1 atom stereocenters. The van der Waals surface area contributed by atoms with Crippen LogP contribution in [-0.4, -0.2) is 80.5 Å². The Bertz CT molecular complexity index is 303. The predicted molar refractivity (Wildman–Crippen MR) is 88.2 cm³/mol. The van der Waals surface area contributed by atoms with E-state index in [4.69, 9.17) is 5.73 Å². The highest BCUT2D eigenvalue weighted by Crippen LogP contribution is 2.14. The van der Waals surface area contributed by atoms with Gasteiger partial charge < -0.3 is 20.4 Å². The summed E-state index contributed by atoms with van der Waals surface area (Å²) >= 11 is 0. The van der Waals surface area contributed by atoms with Crippen molar-refractivity contribution in [3.8, 4) is 0 Å². The van der Waals surface area contributed by atoms with Crippen LogP contribution in [0.25, 0.3) is 0 Å². The minimum atomic E-state index is 0.0900. The van der Waals surface area contributed by atoms with Crippen molar-refractivity contribution in [1.29, 1.82) is 0 Å². The molecule has 0 radical (unpaired) electrons. The quantitative estimate of drug-likeness (QED) is 0.722. The maximum absolute atomic E-state index is 12.2. The molecule has 1 fully saturated rings. The number of carbonyl (C=O) groups is 1. The van der Waals surface area contributed by atoms with Gasteiger partial charge in [0.1, 0.15) is 0 Å². The second-order valence-corrected chi connectivity index (χ2v) is 6.61. The van der Waals surface area contributed by atoms with E-state index in [0.717, 1.165) is 25.9 Å². The van der Waals surface area contributed by atoms with E-state index in [1.54, 1.807) is 0 Å². The molecule has 0 saturated carbocycles. The van der Waals surface area contributed by atoms with Crippen molar-refractivity contribution in [1.82, 2.24) is 14.7 Å². The molecule has 1 amide bonds. The standard InChI is InChI=1S/C16H34N4O/c1-14(6-5-9-17)16(21)20(4)13-12-19(3)15-7-10-18(2)11-8-15/h14-15H,5-13,17H2,1-4H3. The minimum Gasteiger partial charge on any atom is -0.344 e. The Kier molecular flexibility index (Phi) is 8.22. The third kappa shape index (κ3) is 6.32. The SMILES string of the molecule is CC(CCCN)C(=O)N(C)CCN(C)C1CCN(C)CC1. The number of amides is 1. The average Bonchev–Trinajstić information content (AvgIpc) is 2.49. The predicted octanol–water partition coefficient (Wildman–Crippen LogP) is 0.846. The van der Waals surface area contributed by atoms with Crippen molar-refractivity contribution in [3.63, 3.8) is 0 Å². The van der Waals surface area contributed by atoms with E-state index in [9.17, 15) is 4.79 Å². The Morgan fingerprint density at radius 1 is 1.29 bits per heavy atom. The summed E-state index contributed by atoms with van der Waals surface area (Å²) < 4.78 is 0. The van der Waals surface area contributed by atoms with Gasteiger partial charge in [0.2, 0.25) is 5.91 Å². The molecule has 0 aromatic rings. The van der Waals surface area contributed by atoms with Crippen LogP contribution in [0.15, 0.2) is 0 Å². The van der Waals surface area contributed by atoms with Crippen LogP contribution < -0.4 is 5.73 Å². The van der Waals surface area contributed by atoms with Crippen molar-refractivity contribution in [2.45, 2.75) is 38.6 Å². The molecule has 1 rings (SSSR count). The normalized spacial score (nSPS) is 19.0. The van der Waals surface area contributed by atoms with E-state index in [0.29, 0.717) is 12.6 Å². The molecule has 5 heteroatoms. The van der Waals surface area contributed by atoms with Crippen LogP contribution in [0.5, 0.6) is 0 Å². The summed E-state index contributed by atoms with van der Waals surface area (Å²) in [6.07, 6.45) is 4.29. The second-order valence-electron chi connectivity index (χ2n) is 6.61. The number of hydrogen-bond acceptors (Lipinski definition) is 4. The summed E-state index contributed by atoms with van der Waals surface area (Å²) in [7, 11) is 6.29. The number of likely N-dealkylation sites (tertiary alicyclic amines) is 1. The van der Waals surface area contributed by atoms with Gasteiger partial charge >= 0.3 is 0 Å². The largest absolute Gasteiger partial charge is 0.344 e. The van der Waals surface area contributed by atoms with Crippen LogP contribution in [-0.2, 0) is 4.79 Å². The fraction of sp³-hybridized carbons (Fsp3) is 0.938. The molecule has 2 N–H and O–H groups in total. The van der Waals surface area contributed by atoms with Crippen molar-refractivity contribution in [2.75, 3.05) is 53.9 Å². The van der Waals surface area contributed by atoms with E-state index in [2.05, 4.69) is 23.9 Å². The number of piperidine rings is 1. The Balaban J connectivity index is 2.28. The maximum atomic E-state index is 12.2. The van der Waals surface area contributed by atoms with Gasteiger partial charge in [-0.05, 0) is 59.4 Å². The van der Waals surface area contributed by atoms with Crippen LogP contribution >= 0.6 is 0 Å². The van der Waals surface area contributed by atoms with E-state index in [1.807, 2.05) is 18.9 Å². The number of likely N-dealkylation sites (N-methyl/N-ethyl adjacent to an activating group) is 2. The van der Waals surface area contributed by atoms with Gasteiger partial charge in [0.15, 0.2) is 0 Å². The molecule has 0 spiro atoms. The fourth-order valence-electron chi connectivity index (χ4n) is 2.96. The summed E-state index contributed by atoms with van der Waals surface area (Å²) in [6, 6.07) is 0.666. The Hall–Kier alpha value is -0.650. The molecular weight excluding hydrogens is 264 g/mol. The molecule has 1 heterocycles. The zero-order valence-electron chi connectivity index (χ0n) is 14.3. The second kappa shape index (κ2) is 9.38. The molecule has 1 saturated heterocycles. The molecule has 0 aliphatic carbocycles. The van der Waals surface area contributed by atoms with E-state index in [-0.39, 0.29) is 11.8 Å². The number of nitrogens with zero attached hydrogens (tertiary/aromatic N) is 3. The molecule has 1 unspecified atom stereocenters. The first kappa shape index (κ1) is 18.4. The summed E-state index contributed by atoms with van der Waals surface area (Å²) in [5.74, 6) is 0.340. The highest BCUT2D eigenvalue weighted by Gasteiger charge is 2.22. The van der Waals surface area contributed by atoms with Crippen LogP contribution in [0.4, 0.5) is 0 Å². The summed E-state index contributed by atoms with van der Waals surface area (Å²) in [6.45, 7) is 6.81. The lowest BCUT2D eigenvalue weighted by Gasteiger charge is -2.36. The molecule has 0 bridgehead atoms. The number of carbonyl (C=O) groups excluding carboxylic acids is 1. The van der Waals surface area contributed by atoms with Gasteiger partial charge in [-0.2, -0.15) is 0 Å². The third-order valence-electron chi connectivity index (χ3n) is 4.74.